The number of aromatic nitrogens is 2. The molecule has 4 aromatic rings. The van der Waals surface area contributed by atoms with Crippen molar-refractivity contribution in [1.82, 2.24) is 14.5 Å². The highest BCUT2D eigenvalue weighted by molar-refractivity contribution is 7.99. The first-order valence-electron chi connectivity index (χ1n) is 12.4. The Morgan fingerprint density at radius 2 is 1.79 bits per heavy atom. The van der Waals surface area contributed by atoms with Gasteiger partial charge in [0.1, 0.15) is 0 Å². The molecule has 0 aliphatic carbocycles. The second-order valence-corrected chi connectivity index (χ2v) is 10.8. The number of amides is 1. The average Bonchev–Trinajstić information content (AvgIpc) is 2.94. The molecule has 0 saturated heterocycles. The van der Waals surface area contributed by atoms with Crippen LogP contribution < -0.4 is 15.0 Å². The Morgan fingerprint density at radius 1 is 1.03 bits per heavy atom. The van der Waals surface area contributed by atoms with Gasteiger partial charge in [-0.1, -0.05) is 53.2 Å². The molecule has 0 unspecified atom stereocenters. The number of thioether (sulfide) groups is 1. The Kier molecular flexibility index (Phi) is 9.78. The van der Waals surface area contributed by atoms with Gasteiger partial charge >= 0.3 is 0 Å². The van der Waals surface area contributed by atoms with E-state index in [0.717, 1.165) is 5.56 Å². The largest absolute Gasteiger partial charge is 0.493 e. The summed E-state index contributed by atoms with van der Waals surface area (Å²) in [6, 6.07) is 18.0. The van der Waals surface area contributed by atoms with Crippen LogP contribution in [0.5, 0.6) is 11.5 Å². The highest BCUT2D eigenvalue weighted by atomic mass is 35.5. The van der Waals surface area contributed by atoms with Crippen LogP contribution in [0.1, 0.15) is 18.4 Å². The number of ether oxygens (including phenoxy) is 2. The van der Waals surface area contributed by atoms with Gasteiger partial charge in [-0.25, -0.2) is 4.98 Å². The number of fused-ring (bicyclic) bond motifs is 1. The monoisotopic (exact) mass is 585 g/mol. The molecule has 0 spiro atoms. The molecule has 0 fully saturated rings. The molecule has 1 amide bonds. The average molecular weight is 587 g/mol. The van der Waals surface area contributed by atoms with Crippen molar-refractivity contribution >= 4 is 51.8 Å². The molecule has 10 heteroatoms. The fraction of sp³-hybridized carbons (Fsp3) is 0.276. The van der Waals surface area contributed by atoms with Crippen molar-refractivity contribution in [3.05, 3.63) is 86.6 Å². The normalized spacial score (nSPS) is 11.0. The number of halogens is 2. The van der Waals surface area contributed by atoms with Gasteiger partial charge in [0, 0.05) is 30.8 Å². The maximum atomic E-state index is 13.4. The molecule has 0 bridgehead atoms. The summed E-state index contributed by atoms with van der Waals surface area (Å²) in [5.74, 6) is 2.00. The summed E-state index contributed by atoms with van der Waals surface area (Å²) in [4.78, 5) is 32.7. The Morgan fingerprint density at radius 3 is 2.54 bits per heavy atom. The van der Waals surface area contributed by atoms with E-state index in [-0.39, 0.29) is 11.5 Å². The van der Waals surface area contributed by atoms with Crippen molar-refractivity contribution in [1.29, 1.82) is 0 Å². The highest BCUT2D eigenvalue weighted by Crippen LogP contribution is 2.29. The number of nitrogens with zero attached hydrogens (tertiary/aromatic N) is 3. The molecule has 0 aliphatic heterocycles. The zero-order valence-corrected chi connectivity index (χ0v) is 24.3. The van der Waals surface area contributed by atoms with Crippen LogP contribution in [-0.2, 0) is 11.2 Å². The lowest BCUT2D eigenvalue weighted by Crippen LogP contribution is -2.28. The number of para-hydroxylation sites is 1. The second-order valence-electron chi connectivity index (χ2n) is 8.85. The summed E-state index contributed by atoms with van der Waals surface area (Å²) < 4.78 is 12.2. The van der Waals surface area contributed by atoms with Gasteiger partial charge in [-0.05, 0) is 60.9 Å². The van der Waals surface area contributed by atoms with Gasteiger partial charge in [0.05, 0.1) is 35.8 Å². The van der Waals surface area contributed by atoms with Gasteiger partial charge in [-0.3, -0.25) is 14.2 Å². The standard InChI is InChI=1S/C29H29Cl2N3O4S/c1-33(15-14-19-10-13-25(37-2)26(17-19)38-3)27(35)9-6-16-39-29-32-23-8-5-4-7-21(23)28(36)34(29)24-12-11-20(30)18-22(24)31/h4-5,7-8,10-13,17-18H,6,9,14-16H2,1-3H3. The van der Waals surface area contributed by atoms with E-state index in [9.17, 15) is 9.59 Å². The molecule has 204 valence electrons. The minimum absolute atomic E-state index is 0.0562. The third-order valence-electron chi connectivity index (χ3n) is 6.27. The summed E-state index contributed by atoms with van der Waals surface area (Å²) in [7, 11) is 5.01. The number of carbonyl (C=O) groups excluding carboxylic acids is 1. The molecule has 1 aromatic heterocycles. The van der Waals surface area contributed by atoms with Crippen molar-refractivity contribution in [2.45, 2.75) is 24.4 Å². The molecule has 3 aromatic carbocycles. The first-order chi connectivity index (χ1) is 18.8. The molecule has 4 rings (SSSR count). The lowest BCUT2D eigenvalue weighted by Gasteiger charge is -2.18. The molecule has 0 atom stereocenters. The smallest absolute Gasteiger partial charge is 0.266 e. The second kappa shape index (κ2) is 13.2. The van der Waals surface area contributed by atoms with Crippen molar-refractivity contribution in [3.63, 3.8) is 0 Å². The van der Waals surface area contributed by atoms with E-state index in [1.54, 1.807) is 56.5 Å². The molecule has 7 nitrogen and oxygen atoms in total. The van der Waals surface area contributed by atoms with E-state index in [4.69, 9.17) is 37.7 Å². The maximum absolute atomic E-state index is 13.4. The van der Waals surface area contributed by atoms with Crippen LogP contribution in [0.25, 0.3) is 16.6 Å². The van der Waals surface area contributed by atoms with Crippen molar-refractivity contribution in [2.75, 3.05) is 33.6 Å². The van der Waals surface area contributed by atoms with Crippen molar-refractivity contribution in [3.8, 4) is 17.2 Å². The van der Waals surface area contributed by atoms with Crippen LogP contribution in [0.2, 0.25) is 10.0 Å². The summed E-state index contributed by atoms with van der Waals surface area (Å²) in [5, 5.41) is 1.85. The number of benzene rings is 3. The fourth-order valence-corrected chi connectivity index (χ4v) is 5.56. The SMILES string of the molecule is COc1ccc(CCN(C)C(=O)CCCSc2nc3ccccc3c(=O)n2-c2ccc(Cl)cc2Cl)cc1OC. The van der Waals surface area contributed by atoms with E-state index in [1.807, 2.05) is 30.3 Å². The van der Waals surface area contributed by atoms with Crippen LogP contribution in [0.15, 0.2) is 70.6 Å². The summed E-state index contributed by atoms with van der Waals surface area (Å²) >= 11 is 14.0. The van der Waals surface area contributed by atoms with Crippen LogP contribution in [-0.4, -0.2) is 53.9 Å². The van der Waals surface area contributed by atoms with E-state index in [0.29, 0.717) is 74.9 Å². The number of hydrogen-bond acceptors (Lipinski definition) is 6. The molecule has 0 aliphatic rings. The fourth-order valence-electron chi connectivity index (χ4n) is 4.12. The van der Waals surface area contributed by atoms with Gasteiger partial charge in [0.2, 0.25) is 5.91 Å². The predicted octanol–water partition coefficient (Wildman–Crippen LogP) is 6.28. The number of methoxy groups -OCH3 is 2. The van der Waals surface area contributed by atoms with Crippen LogP contribution in [0.4, 0.5) is 0 Å². The van der Waals surface area contributed by atoms with Gasteiger partial charge in [-0.2, -0.15) is 0 Å². The number of rotatable bonds is 11. The Hall–Kier alpha value is -3.20. The molecule has 1 heterocycles. The van der Waals surface area contributed by atoms with E-state index >= 15 is 0 Å². The van der Waals surface area contributed by atoms with Gasteiger partial charge < -0.3 is 14.4 Å². The van der Waals surface area contributed by atoms with Gasteiger partial charge in [0.15, 0.2) is 16.7 Å². The minimum atomic E-state index is -0.210. The number of carbonyl (C=O) groups is 1. The summed E-state index contributed by atoms with van der Waals surface area (Å²) in [6.07, 6.45) is 1.71. The zero-order chi connectivity index (χ0) is 27.9. The first kappa shape index (κ1) is 28.8. The molecule has 39 heavy (non-hydrogen) atoms. The van der Waals surface area contributed by atoms with Crippen molar-refractivity contribution in [2.24, 2.45) is 0 Å². The zero-order valence-electron chi connectivity index (χ0n) is 21.9. The third kappa shape index (κ3) is 6.87. The Labute approximate surface area is 241 Å². The topological polar surface area (TPSA) is 73.7 Å². The predicted molar refractivity (Wildman–Crippen MR) is 158 cm³/mol. The summed E-state index contributed by atoms with van der Waals surface area (Å²) in [6.45, 7) is 0.586. The van der Waals surface area contributed by atoms with E-state index in [2.05, 4.69) is 0 Å². The van der Waals surface area contributed by atoms with Crippen molar-refractivity contribution < 1.29 is 14.3 Å². The third-order valence-corrected chi connectivity index (χ3v) is 7.83. The Bertz CT molecular complexity index is 1540. The first-order valence-corrected chi connectivity index (χ1v) is 14.1. The van der Waals surface area contributed by atoms with E-state index < -0.39 is 0 Å². The highest BCUT2D eigenvalue weighted by Gasteiger charge is 2.16. The van der Waals surface area contributed by atoms with E-state index in [1.165, 1.54) is 16.3 Å². The Balaban J connectivity index is 1.40. The van der Waals surface area contributed by atoms with Crippen LogP contribution in [0, 0.1) is 0 Å². The van der Waals surface area contributed by atoms with Gasteiger partial charge in [-0.15, -0.1) is 0 Å². The molecular weight excluding hydrogens is 557 g/mol. The molecule has 0 N–H and O–H groups in total. The van der Waals surface area contributed by atoms with Crippen LogP contribution >= 0.6 is 35.0 Å². The maximum Gasteiger partial charge on any atom is 0.266 e. The van der Waals surface area contributed by atoms with Crippen LogP contribution in [0.3, 0.4) is 0 Å². The quantitative estimate of drug-likeness (QED) is 0.117. The van der Waals surface area contributed by atoms with Gasteiger partial charge in [0.25, 0.3) is 5.56 Å². The lowest BCUT2D eigenvalue weighted by atomic mass is 10.1. The molecule has 0 saturated carbocycles. The molecule has 0 radical (unpaired) electrons. The molecular formula is C29H29Cl2N3O4S. The minimum Gasteiger partial charge on any atom is -0.493 e. The number of likely N-dealkylation sites (N-methyl/N-ethyl adjacent to an activating group) is 1. The number of hydrogen-bond donors (Lipinski definition) is 0. The lowest BCUT2D eigenvalue weighted by molar-refractivity contribution is -0.129. The summed E-state index contributed by atoms with van der Waals surface area (Å²) in [5.41, 5.74) is 1.97.